The van der Waals surface area contributed by atoms with Gasteiger partial charge in [0.05, 0.1) is 16.6 Å². The van der Waals surface area contributed by atoms with Gasteiger partial charge < -0.3 is 0 Å². The van der Waals surface area contributed by atoms with Crippen LogP contribution in [0.3, 0.4) is 0 Å². The summed E-state index contributed by atoms with van der Waals surface area (Å²) in [7, 11) is 0. The van der Waals surface area contributed by atoms with Crippen molar-refractivity contribution in [1.29, 1.82) is 5.26 Å². The van der Waals surface area contributed by atoms with Crippen LogP contribution in [-0.2, 0) is 0 Å². The minimum absolute atomic E-state index is 0.0577. The number of hydrogen-bond donors (Lipinski definition) is 0. The molecule has 0 aliphatic rings. The molecule has 0 radical (unpaired) electrons. The molecule has 0 aromatic heterocycles. The van der Waals surface area contributed by atoms with E-state index < -0.39 is 4.92 Å². The Morgan fingerprint density at radius 3 is 2.42 bits per heavy atom. The summed E-state index contributed by atoms with van der Waals surface area (Å²) in [5.74, 6) is 0. The standard InChI is InChI=1S/C15H8N2O2/c16-9-11-7-10-5-6-12(17(18)19)8-15(10)14-4-2-1-3-13(11)14/h1-8H. The monoisotopic (exact) mass is 248 g/mol. The van der Waals surface area contributed by atoms with Gasteiger partial charge in [-0.2, -0.15) is 5.26 Å². The Morgan fingerprint density at radius 2 is 1.74 bits per heavy atom. The van der Waals surface area contributed by atoms with Crippen LogP contribution in [-0.4, -0.2) is 4.92 Å². The fraction of sp³-hybridized carbons (Fsp3) is 0. The highest BCUT2D eigenvalue weighted by atomic mass is 16.6. The van der Waals surface area contributed by atoms with E-state index in [1.807, 2.05) is 24.3 Å². The van der Waals surface area contributed by atoms with Gasteiger partial charge in [-0.3, -0.25) is 10.1 Å². The number of nitrogens with zero attached hydrogens (tertiary/aromatic N) is 2. The molecule has 0 atom stereocenters. The van der Waals surface area contributed by atoms with Crippen LogP contribution >= 0.6 is 0 Å². The molecular weight excluding hydrogens is 240 g/mol. The van der Waals surface area contributed by atoms with Gasteiger partial charge in [-0.25, -0.2) is 0 Å². The average Bonchev–Trinajstić information content (AvgIpc) is 2.45. The second-order valence-electron chi connectivity index (χ2n) is 4.24. The summed E-state index contributed by atoms with van der Waals surface area (Å²) >= 11 is 0. The number of hydrogen-bond acceptors (Lipinski definition) is 3. The quantitative estimate of drug-likeness (QED) is 0.374. The summed E-state index contributed by atoms with van der Waals surface area (Å²) in [5, 5.41) is 23.3. The van der Waals surface area contributed by atoms with Crippen molar-refractivity contribution in [2.75, 3.05) is 0 Å². The molecule has 3 rings (SSSR count). The number of nitro benzene ring substituents is 1. The molecule has 0 saturated heterocycles. The first-order valence-corrected chi connectivity index (χ1v) is 5.71. The maximum Gasteiger partial charge on any atom is 0.270 e. The first kappa shape index (κ1) is 11.2. The molecule has 0 N–H and O–H groups in total. The van der Waals surface area contributed by atoms with Gasteiger partial charge in [0.15, 0.2) is 0 Å². The van der Waals surface area contributed by atoms with E-state index in [2.05, 4.69) is 6.07 Å². The van der Waals surface area contributed by atoms with Gasteiger partial charge in [0.2, 0.25) is 0 Å². The zero-order valence-electron chi connectivity index (χ0n) is 9.83. The minimum Gasteiger partial charge on any atom is -0.258 e. The highest BCUT2D eigenvalue weighted by molar-refractivity contribution is 6.10. The third-order valence-corrected chi connectivity index (χ3v) is 3.18. The van der Waals surface area contributed by atoms with E-state index in [-0.39, 0.29) is 5.69 Å². The smallest absolute Gasteiger partial charge is 0.258 e. The Labute approximate surface area is 108 Å². The largest absolute Gasteiger partial charge is 0.270 e. The second kappa shape index (κ2) is 4.07. The molecule has 3 aromatic rings. The van der Waals surface area contributed by atoms with Crippen LogP contribution in [0.1, 0.15) is 5.56 Å². The number of fused-ring (bicyclic) bond motifs is 3. The highest BCUT2D eigenvalue weighted by Crippen LogP contribution is 2.30. The summed E-state index contributed by atoms with van der Waals surface area (Å²) in [5.41, 5.74) is 0.638. The van der Waals surface area contributed by atoms with Gasteiger partial charge in [0.25, 0.3) is 5.69 Å². The molecule has 0 bridgehead atoms. The van der Waals surface area contributed by atoms with Gasteiger partial charge in [0, 0.05) is 17.5 Å². The minimum atomic E-state index is -0.410. The summed E-state index contributed by atoms with van der Waals surface area (Å²) < 4.78 is 0. The van der Waals surface area contributed by atoms with Crippen molar-refractivity contribution in [2.45, 2.75) is 0 Å². The second-order valence-corrected chi connectivity index (χ2v) is 4.24. The third kappa shape index (κ3) is 1.69. The molecule has 0 aliphatic carbocycles. The first-order chi connectivity index (χ1) is 9.20. The summed E-state index contributed by atoms with van der Waals surface area (Å²) in [6.45, 7) is 0. The molecule has 0 unspecified atom stereocenters. The van der Waals surface area contributed by atoms with E-state index >= 15 is 0 Å². The Hall–Kier alpha value is -2.93. The zero-order chi connectivity index (χ0) is 13.4. The normalized spacial score (nSPS) is 10.5. The molecule has 19 heavy (non-hydrogen) atoms. The van der Waals surface area contributed by atoms with Crippen molar-refractivity contribution < 1.29 is 4.92 Å². The maximum absolute atomic E-state index is 10.9. The molecule has 90 valence electrons. The molecule has 0 saturated carbocycles. The highest BCUT2D eigenvalue weighted by Gasteiger charge is 2.10. The topological polar surface area (TPSA) is 66.9 Å². The molecule has 4 nitrogen and oxygen atoms in total. The molecular formula is C15H8N2O2. The van der Waals surface area contributed by atoms with E-state index in [0.29, 0.717) is 5.56 Å². The van der Waals surface area contributed by atoms with Crippen LogP contribution in [0.4, 0.5) is 5.69 Å². The van der Waals surface area contributed by atoms with Gasteiger partial charge in [-0.05, 0) is 28.3 Å². The van der Waals surface area contributed by atoms with Crippen molar-refractivity contribution in [3.05, 3.63) is 64.2 Å². The van der Waals surface area contributed by atoms with Crippen molar-refractivity contribution in [3.63, 3.8) is 0 Å². The Balaban J connectivity index is 2.52. The lowest BCUT2D eigenvalue weighted by Gasteiger charge is -2.05. The van der Waals surface area contributed by atoms with Crippen LogP contribution in [0.15, 0.2) is 48.5 Å². The lowest BCUT2D eigenvalue weighted by molar-refractivity contribution is -0.384. The fourth-order valence-corrected chi connectivity index (χ4v) is 2.30. The van der Waals surface area contributed by atoms with E-state index in [1.54, 1.807) is 18.2 Å². The fourth-order valence-electron chi connectivity index (χ4n) is 2.30. The summed E-state index contributed by atoms with van der Waals surface area (Å²) in [6, 6.07) is 16.1. The molecule has 0 amide bonds. The third-order valence-electron chi connectivity index (χ3n) is 3.18. The number of nitriles is 1. The van der Waals surface area contributed by atoms with Gasteiger partial charge in [-0.1, -0.05) is 24.3 Å². The molecule has 0 aliphatic heterocycles. The number of non-ortho nitro benzene ring substituents is 1. The van der Waals surface area contributed by atoms with Crippen molar-refractivity contribution in [2.24, 2.45) is 0 Å². The van der Waals surface area contributed by atoms with E-state index in [4.69, 9.17) is 0 Å². The van der Waals surface area contributed by atoms with E-state index in [9.17, 15) is 15.4 Å². The Bertz CT molecular complexity index is 863. The van der Waals surface area contributed by atoms with Gasteiger partial charge in [-0.15, -0.1) is 0 Å². The molecule has 4 heteroatoms. The molecule has 3 aromatic carbocycles. The van der Waals surface area contributed by atoms with Crippen molar-refractivity contribution >= 4 is 27.2 Å². The lowest BCUT2D eigenvalue weighted by atomic mass is 9.97. The SMILES string of the molecule is N#Cc1cc2ccc([N+](=O)[O-])cc2c2ccccc12. The molecule has 0 spiro atoms. The lowest BCUT2D eigenvalue weighted by Crippen LogP contribution is -1.89. The van der Waals surface area contributed by atoms with Gasteiger partial charge in [0.1, 0.15) is 0 Å². The molecule has 0 heterocycles. The average molecular weight is 248 g/mol. The van der Waals surface area contributed by atoms with Gasteiger partial charge >= 0.3 is 0 Å². The van der Waals surface area contributed by atoms with Crippen molar-refractivity contribution in [1.82, 2.24) is 0 Å². The Morgan fingerprint density at radius 1 is 1.00 bits per heavy atom. The van der Waals surface area contributed by atoms with Crippen LogP contribution in [0.2, 0.25) is 0 Å². The molecule has 0 fully saturated rings. The van der Waals surface area contributed by atoms with Crippen LogP contribution in [0, 0.1) is 21.4 Å². The predicted molar refractivity (Wildman–Crippen MR) is 72.8 cm³/mol. The maximum atomic E-state index is 10.9. The van der Waals surface area contributed by atoms with Crippen LogP contribution < -0.4 is 0 Å². The number of nitro groups is 1. The van der Waals surface area contributed by atoms with Crippen LogP contribution in [0.5, 0.6) is 0 Å². The summed E-state index contributed by atoms with van der Waals surface area (Å²) in [4.78, 5) is 10.4. The van der Waals surface area contributed by atoms with Crippen molar-refractivity contribution in [3.8, 4) is 6.07 Å². The van der Waals surface area contributed by atoms with E-state index in [1.165, 1.54) is 6.07 Å². The zero-order valence-corrected chi connectivity index (χ0v) is 9.83. The Kier molecular flexibility index (Phi) is 2.39. The number of benzene rings is 3. The van der Waals surface area contributed by atoms with Crippen LogP contribution in [0.25, 0.3) is 21.5 Å². The summed E-state index contributed by atoms with van der Waals surface area (Å²) in [6.07, 6.45) is 0. The predicted octanol–water partition coefficient (Wildman–Crippen LogP) is 3.77. The van der Waals surface area contributed by atoms with E-state index in [0.717, 1.165) is 21.5 Å². The first-order valence-electron chi connectivity index (χ1n) is 5.71. The number of rotatable bonds is 1.